The van der Waals surface area contributed by atoms with Crippen LogP contribution in [0.3, 0.4) is 0 Å². The molecule has 102 valence electrons. The number of hydrogen-bond donors (Lipinski definition) is 0. The molecular weight excluding hydrogens is 247 g/mol. The molecule has 0 aliphatic carbocycles. The van der Waals surface area contributed by atoms with Gasteiger partial charge in [-0.3, -0.25) is 0 Å². The van der Waals surface area contributed by atoms with Crippen molar-refractivity contribution < 1.29 is 18.7 Å². The standard InChI is InChI=1S/C15H17FO3/c1-3-5-14(12-6-8-13(16)9-7-12)19-11-10-15(17)18-4-2/h3,6-11,14H,1,4-5H2,2H3/b11-10+. The predicted molar refractivity (Wildman–Crippen MR) is 70.8 cm³/mol. The van der Waals surface area contributed by atoms with Gasteiger partial charge in [-0.25, -0.2) is 9.18 Å². The van der Waals surface area contributed by atoms with Crippen LogP contribution in [0.15, 0.2) is 49.3 Å². The van der Waals surface area contributed by atoms with E-state index in [-0.39, 0.29) is 11.9 Å². The summed E-state index contributed by atoms with van der Waals surface area (Å²) in [5.41, 5.74) is 0.815. The second-order valence-corrected chi connectivity index (χ2v) is 3.76. The minimum Gasteiger partial charge on any atom is -0.493 e. The molecule has 1 aromatic rings. The topological polar surface area (TPSA) is 35.5 Å². The van der Waals surface area contributed by atoms with Gasteiger partial charge in [0.2, 0.25) is 0 Å². The monoisotopic (exact) mass is 264 g/mol. The summed E-state index contributed by atoms with van der Waals surface area (Å²) in [5.74, 6) is -0.762. The van der Waals surface area contributed by atoms with E-state index < -0.39 is 5.97 Å². The second-order valence-electron chi connectivity index (χ2n) is 3.76. The van der Waals surface area contributed by atoms with Crippen molar-refractivity contribution in [1.29, 1.82) is 0 Å². The fourth-order valence-electron chi connectivity index (χ4n) is 1.48. The number of benzene rings is 1. The molecule has 0 bridgehead atoms. The molecular formula is C15H17FO3. The Morgan fingerprint density at radius 3 is 2.68 bits per heavy atom. The van der Waals surface area contributed by atoms with Crippen LogP contribution in [-0.2, 0) is 14.3 Å². The van der Waals surface area contributed by atoms with E-state index in [4.69, 9.17) is 9.47 Å². The number of carbonyl (C=O) groups excluding carboxylic acids is 1. The van der Waals surface area contributed by atoms with Gasteiger partial charge in [0, 0.05) is 6.42 Å². The highest BCUT2D eigenvalue weighted by atomic mass is 19.1. The van der Waals surface area contributed by atoms with Gasteiger partial charge in [-0.1, -0.05) is 18.2 Å². The van der Waals surface area contributed by atoms with Crippen LogP contribution in [0, 0.1) is 5.82 Å². The minimum absolute atomic E-state index is 0.302. The van der Waals surface area contributed by atoms with Crippen LogP contribution >= 0.6 is 0 Å². The van der Waals surface area contributed by atoms with Crippen LogP contribution in [0.1, 0.15) is 25.0 Å². The maximum Gasteiger partial charge on any atom is 0.333 e. The molecule has 0 saturated heterocycles. The molecule has 0 spiro atoms. The van der Waals surface area contributed by atoms with Crippen LogP contribution in [0.4, 0.5) is 4.39 Å². The molecule has 0 fully saturated rings. The first kappa shape index (κ1) is 15.0. The molecule has 3 nitrogen and oxygen atoms in total. The van der Waals surface area contributed by atoms with Crippen molar-refractivity contribution in [3.05, 3.63) is 60.6 Å². The summed E-state index contributed by atoms with van der Waals surface area (Å²) in [6.07, 6.45) is 4.45. The Morgan fingerprint density at radius 1 is 1.42 bits per heavy atom. The number of rotatable bonds is 7. The molecule has 1 rings (SSSR count). The lowest BCUT2D eigenvalue weighted by atomic mass is 10.1. The second kappa shape index (κ2) is 8.08. The smallest absolute Gasteiger partial charge is 0.333 e. The van der Waals surface area contributed by atoms with Gasteiger partial charge >= 0.3 is 5.97 Å². The van der Waals surface area contributed by atoms with E-state index in [1.807, 2.05) is 0 Å². The van der Waals surface area contributed by atoms with Gasteiger partial charge in [-0.15, -0.1) is 6.58 Å². The average Bonchev–Trinajstić information content (AvgIpc) is 2.39. The summed E-state index contributed by atoms with van der Waals surface area (Å²) in [4.78, 5) is 11.1. The van der Waals surface area contributed by atoms with Gasteiger partial charge in [0.25, 0.3) is 0 Å². The van der Waals surface area contributed by atoms with Crippen molar-refractivity contribution in [2.45, 2.75) is 19.4 Å². The van der Waals surface area contributed by atoms with Crippen molar-refractivity contribution in [2.75, 3.05) is 6.61 Å². The number of esters is 1. The van der Waals surface area contributed by atoms with Gasteiger partial charge < -0.3 is 9.47 Å². The lowest BCUT2D eigenvalue weighted by molar-refractivity contribution is -0.137. The first-order chi connectivity index (χ1) is 9.17. The minimum atomic E-state index is -0.459. The van der Waals surface area contributed by atoms with Crippen molar-refractivity contribution in [3.8, 4) is 0 Å². The highest BCUT2D eigenvalue weighted by Crippen LogP contribution is 2.22. The fourth-order valence-corrected chi connectivity index (χ4v) is 1.48. The summed E-state index contributed by atoms with van der Waals surface area (Å²) in [6.45, 7) is 5.69. The predicted octanol–water partition coefficient (Wildman–Crippen LogP) is 3.54. The van der Waals surface area contributed by atoms with E-state index in [1.165, 1.54) is 24.5 Å². The third-order valence-electron chi connectivity index (χ3n) is 2.36. The van der Waals surface area contributed by atoms with Gasteiger partial charge in [0.15, 0.2) is 0 Å². The summed E-state index contributed by atoms with van der Waals surface area (Å²) in [7, 11) is 0. The van der Waals surface area contributed by atoms with Crippen LogP contribution in [0.5, 0.6) is 0 Å². The fraction of sp³-hybridized carbons (Fsp3) is 0.267. The Balaban J connectivity index is 2.65. The molecule has 19 heavy (non-hydrogen) atoms. The van der Waals surface area contributed by atoms with Crippen LogP contribution in [0.25, 0.3) is 0 Å². The largest absolute Gasteiger partial charge is 0.493 e. The third kappa shape index (κ3) is 5.38. The molecule has 0 amide bonds. The Kier molecular flexibility index (Phi) is 6.36. The first-order valence-electron chi connectivity index (χ1n) is 6.02. The quantitative estimate of drug-likeness (QED) is 0.327. The van der Waals surface area contributed by atoms with E-state index in [2.05, 4.69) is 6.58 Å². The zero-order valence-corrected chi connectivity index (χ0v) is 10.8. The molecule has 0 aromatic heterocycles. The number of halogens is 1. The summed E-state index contributed by atoms with van der Waals surface area (Å²) in [5, 5.41) is 0. The zero-order valence-electron chi connectivity index (χ0n) is 10.8. The van der Waals surface area contributed by atoms with Gasteiger partial charge in [-0.2, -0.15) is 0 Å². The molecule has 0 saturated carbocycles. The van der Waals surface area contributed by atoms with Crippen LogP contribution < -0.4 is 0 Å². The van der Waals surface area contributed by atoms with Gasteiger partial charge in [0.1, 0.15) is 11.9 Å². The summed E-state index contributed by atoms with van der Waals surface area (Å²) < 4.78 is 23.0. The van der Waals surface area contributed by atoms with E-state index in [0.29, 0.717) is 13.0 Å². The first-order valence-corrected chi connectivity index (χ1v) is 6.02. The number of ether oxygens (including phenoxy) is 2. The summed E-state index contributed by atoms with van der Waals surface area (Å²) in [6, 6.07) is 6.01. The lowest BCUT2D eigenvalue weighted by Crippen LogP contribution is -2.02. The molecule has 0 radical (unpaired) electrons. The molecule has 0 N–H and O–H groups in total. The highest BCUT2D eigenvalue weighted by molar-refractivity contribution is 5.81. The Morgan fingerprint density at radius 2 is 2.11 bits per heavy atom. The van der Waals surface area contributed by atoms with E-state index >= 15 is 0 Å². The maximum atomic E-state index is 12.8. The molecule has 4 heteroatoms. The maximum absolute atomic E-state index is 12.8. The third-order valence-corrected chi connectivity index (χ3v) is 2.36. The number of hydrogen-bond acceptors (Lipinski definition) is 3. The Hall–Kier alpha value is -2.10. The van der Waals surface area contributed by atoms with Crippen molar-refractivity contribution in [2.24, 2.45) is 0 Å². The van der Waals surface area contributed by atoms with E-state index in [0.717, 1.165) is 5.56 Å². The molecule has 1 atom stereocenters. The highest BCUT2D eigenvalue weighted by Gasteiger charge is 2.09. The lowest BCUT2D eigenvalue weighted by Gasteiger charge is -2.15. The normalized spacial score (nSPS) is 12.1. The molecule has 1 aromatic carbocycles. The van der Waals surface area contributed by atoms with Crippen LogP contribution in [0.2, 0.25) is 0 Å². The Bertz CT molecular complexity index is 437. The van der Waals surface area contributed by atoms with Gasteiger partial charge in [-0.05, 0) is 24.6 Å². The van der Waals surface area contributed by atoms with Crippen molar-refractivity contribution in [3.63, 3.8) is 0 Å². The van der Waals surface area contributed by atoms with Crippen molar-refractivity contribution >= 4 is 5.97 Å². The molecule has 0 aliphatic rings. The molecule has 1 unspecified atom stereocenters. The zero-order chi connectivity index (χ0) is 14.1. The SMILES string of the molecule is C=CCC(O/C=C/C(=O)OCC)c1ccc(F)cc1. The number of carbonyl (C=O) groups is 1. The molecule has 0 aliphatic heterocycles. The summed E-state index contributed by atoms with van der Waals surface area (Å²) >= 11 is 0. The van der Waals surface area contributed by atoms with E-state index in [1.54, 1.807) is 25.1 Å². The van der Waals surface area contributed by atoms with Crippen LogP contribution in [-0.4, -0.2) is 12.6 Å². The van der Waals surface area contributed by atoms with Crippen molar-refractivity contribution in [1.82, 2.24) is 0 Å². The van der Waals surface area contributed by atoms with E-state index in [9.17, 15) is 9.18 Å². The molecule has 0 heterocycles. The Labute approximate surface area is 112 Å². The van der Waals surface area contributed by atoms with Gasteiger partial charge in [0.05, 0.1) is 18.9 Å². The average molecular weight is 264 g/mol.